The fourth-order valence-corrected chi connectivity index (χ4v) is 22.9. The normalized spacial score (nSPS) is 17.3. The van der Waals surface area contributed by atoms with Crippen molar-refractivity contribution >= 4 is 22.8 Å². The molecule has 128 valence electrons. The Labute approximate surface area is 175 Å². The largest absolute Gasteiger partial charge is 1.00 e. The van der Waals surface area contributed by atoms with Crippen LogP contribution in [0.5, 0.6) is 0 Å². The molecule has 0 aromatic heterocycles. The zero-order valence-corrected chi connectivity index (χ0v) is 20.1. The Morgan fingerprint density at radius 2 is 1.68 bits per heavy atom. The molecule has 0 atom stereocenters. The number of rotatable bonds is 3. The van der Waals surface area contributed by atoms with E-state index in [2.05, 4.69) is 91.6 Å². The minimum Gasteiger partial charge on any atom is -1.00 e. The summed E-state index contributed by atoms with van der Waals surface area (Å²) in [5.41, 5.74) is 4.27. The molecule has 1 heterocycles. The summed E-state index contributed by atoms with van der Waals surface area (Å²) < 4.78 is 2.58. The third-order valence-electron chi connectivity index (χ3n) is 4.62. The van der Waals surface area contributed by atoms with Crippen molar-refractivity contribution in [2.75, 3.05) is 5.75 Å². The van der Waals surface area contributed by atoms with Gasteiger partial charge in [-0.3, -0.25) is 0 Å². The van der Waals surface area contributed by atoms with Gasteiger partial charge in [-0.1, -0.05) is 0 Å². The first kappa shape index (κ1) is 21.3. The number of hydrogen-bond acceptors (Lipinski definition) is 1. The summed E-state index contributed by atoms with van der Waals surface area (Å²) in [5, 5.41) is 0. The SMILES string of the molecule is C[Si](C)=[Zr+2]([C]1=C2SCC(c3ccccc3)=C2C=C1)[CH]1C=CC=C1.[Cl-].[Cl-]. The van der Waals surface area contributed by atoms with Crippen molar-refractivity contribution < 1.29 is 45.2 Å². The van der Waals surface area contributed by atoms with Gasteiger partial charge in [-0.2, -0.15) is 0 Å². The first-order valence-electron chi connectivity index (χ1n) is 8.12. The Morgan fingerprint density at radius 1 is 1.00 bits per heavy atom. The maximum absolute atomic E-state index is 2.54. The molecule has 0 saturated heterocycles. The maximum Gasteiger partial charge on any atom is -1.00 e. The molecule has 1 aromatic rings. The number of halogens is 2. The van der Waals surface area contributed by atoms with Crippen LogP contribution in [0.25, 0.3) is 5.57 Å². The van der Waals surface area contributed by atoms with E-state index in [0.29, 0.717) is 0 Å². The van der Waals surface area contributed by atoms with Crippen LogP contribution in [0.15, 0.2) is 80.5 Å². The zero-order chi connectivity index (χ0) is 15.8. The number of hydrogen-bond donors (Lipinski definition) is 0. The van der Waals surface area contributed by atoms with Crippen LogP contribution in [-0.2, 0) is 20.4 Å². The van der Waals surface area contributed by atoms with Crippen molar-refractivity contribution in [2.24, 2.45) is 0 Å². The van der Waals surface area contributed by atoms with Gasteiger partial charge >= 0.3 is 152 Å². The fraction of sp³-hybridized carbons (Fsp3) is 0.200. The van der Waals surface area contributed by atoms with Gasteiger partial charge in [0.25, 0.3) is 0 Å². The third-order valence-corrected chi connectivity index (χ3v) is 23.9. The molecule has 0 nitrogen and oxygen atoms in total. The van der Waals surface area contributed by atoms with Gasteiger partial charge < -0.3 is 24.8 Å². The fourth-order valence-electron chi connectivity index (χ4n) is 3.58. The summed E-state index contributed by atoms with van der Waals surface area (Å²) in [6.45, 7) is 5.08. The van der Waals surface area contributed by atoms with Crippen molar-refractivity contribution in [2.45, 2.75) is 16.7 Å². The minimum absolute atomic E-state index is 0. The second kappa shape index (κ2) is 9.24. The number of allylic oxidation sites excluding steroid dienone is 8. The van der Waals surface area contributed by atoms with Gasteiger partial charge in [-0.25, -0.2) is 0 Å². The van der Waals surface area contributed by atoms with Crippen LogP contribution in [0.3, 0.4) is 0 Å². The van der Waals surface area contributed by atoms with Crippen LogP contribution in [0.4, 0.5) is 0 Å². The standard InChI is InChI=1S/C13H9S.C5H5.C2H6Si.2ClH.Zr/c1-2-5-10(6-3-1)12-9-14-13-8-4-7-11(12)13;1-2-4-5-3-1;1-3-2;;;/h1-7H,9H2;1-5H;1-2H3;2*1H;/q;;;;;+2/p-2. The topological polar surface area (TPSA) is 0 Å². The molecule has 0 N–H and O–H groups in total. The van der Waals surface area contributed by atoms with Crippen LogP contribution in [0.1, 0.15) is 5.56 Å². The average molecular weight is 483 g/mol. The van der Waals surface area contributed by atoms with Crippen LogP contribution in [0.2, 0.25) is 16.7 Å². The molecule has 0 fully saturated rings. The van der Waals surface area contributed by atoms with Crippen molar-refractivity contribution in [1.82, 2.24) is 0 Å². The molecule has 0 saturated carbocycles. The van der Waals surface area contributed by atoms with Crippen LogP contribution >= 0.6 is 11.8 Å². The molecule has 0 bridgehead atoms. The number of benzene rings is 1. The molecule has 0 amide bonds. The second-order valence-electron chi connectivity index (χ2n) is 6.33. The van der Waals surface area contributed by atoms with Crippen LogP contribution in [0, 0.1) is 0 Å². The quantitative estimate of drug-likeness (QED) is 0.536. The Hall–Kier alpha value is -0.0500. The summed E-state index contributed by atoms with van der Waals surface area (Å²) >= 11 is 0.473. The zero-order valence-electron chi connectivity index (χ0n) is 14.3. The van der Waals surface area contributed by atoms with E-state index in [0.717, 1.165) is 9.38 Å². The molecule has 5 heteroatoms. The van der Waals surface area contributed by atoms with Crippen molar-refractivity contribution in [3.05, 3.63) is 86.1 Å². The molecule has 0 spiro atoms. The summed E-state index contributed by atoms with van der Waals surface area (Å²) in [4.78, 5) is 1.64. The van der Waals surface area contributed by atoms with E-state index in [4.69, 9.17) is 0 Å². The van der Waals surface area contributed by atoms with E-state index >= 15 is 0 Å². The maximum atomic E-state index is 2.54. The predicted octanol–water partition coefficient (Wildman–Crippen LogP) is -0.240. The summed E-state index contributed by atoms with van der Waals surface area (Å²) in [6, 6.07) is 10.9. The molecule has 3 aliphatic rings. The second-order valence-corrected chi connectivity index (χ2v) is 24.9. The molecular weight excluding hydrogens is 463 g/mol. The molecular formula is C20H20Cl2SSiZr. The first-order chi connectivity index (χ1) is 11.3. The van der Waals surface area contributed by atoms with Gasteiger partial charge in [0.1, 0.15) is 0 Å². The molecule has 0 unspecified atom stereocenters. The summed E-state index contributed by atoms with van der Waals surface area (Å²) in [5.74, 6) is 1.14. The average Bonchev–Trinajstić information content (AvgIpc) is 3.27. The molecule has 1 aliphatic heterocycles. The smallest absolute Gasteiger partial charge is 1.00 e. The Kier molecular flexibility index (Phi) is 7.85. The third kappa shape index (κ3) is 4.12. The molecule has 25 heavy (non-hydrogen) atoms. The van der Waals surface area contributed by atoms with E-state index in [9.17, 15) is 0 Å². The van der Waals surface area contributed by atoms with Crippen molar-refractivity contribution in [3.8, 4) is 0 Å². The molecule has 0 radical (unpaired) electrons. The van der Waals surface area contributed by atoms with Crippen LogP contribution in [-0.4, -0.2) is 11.2 Å². The van der Waals surface area contributed by atoms with E-state index in [-0.39, 0.29) is 30.2 Å². The molecule has 1 aromatic carbocycles. The van der Waals surface area contributed by atoms with Crippen molar-refractivity contribution in [1.29, 1.82) is 0 Å². The number of fused-ring (bicyclic) bond motifs is 1. The van der Waals surface area contributed by atoms with Gasteiger partial charge in [0.05, 0.1) is 0 Å². The van der Waals surface area contributed by atoms with Gasteiger partial charge in [0.15, 0.2) is 0 Å². The number of thioether (sulfide) groups is 1. The van der Waals surface area contributed by atoms with Gasteiger partial charge in [-0.05, 0) is 0 Å². The van der Waals surface area contributed by atoms with E-state index in [1.165, 1.54) is 16.7 Å². The summed E-state index contributed by atoms with van der Waals surface area (Å²) in [6.07, 6.45) is 14.4. The van der Waals surface area contributed by atoms with E-state index in [1.807, 2.05) is 0 Å². The predicted molar refractivity (Wildman–Crippen MR) is 101 cm³/mol. The van der Waals surface area contributed by atoms with Gasteiger partial charge in [-0.15, -0.1) is 0 Å². The van der Waals surface area contributed by atoms with Gasteiger partial charge in [0, 0.05) is 0 Å². The minimum atomic E-state index is -1.62. The first-order valence-corrected chi connectivity index (χ1v) is 17.9. The Bertz CT molecular complexity index is 832. The van der Waals surface area contributed by atoms with E-state index in [1.54, 1.807) is 8.19 Å². The monoisotopic (exact) mass is 480 g/mol. The summed E-state index contributed by atoms with van der Waals surface area (Å²) in [7, 11) is 0. The molecule has 4 rings (SSSR count). The Balaban J connectivity index is 0.00000113. The van der Waals surface area contributed by atoms with E-state index < -0.39 is 20.4 Å². The Morgan fingerprint density at radius 3 is 2.32 bits per heavy atom. The van der Waals surface area contributed by atoms with Gasteiger partial charge in [0.2, 0.25) is 0 Å². The van der Waals surface area contributed by atoms with Crippen LogP contribution < -0.4 is 24.8 Å². The molecule has 2 aliphatic carbocycles. The van der Waals surface area contributed by atoms with Crippen molar-refractivity contribution in [3.63, 3.8) is 0 Å².